The Balaban J connectivity index is 1.33. The quantitative estimate of drug-likeness (QED) is 0.429. The molecule has 0 amide bonds. The molecule has 1 aliphatic carbocycles. The van der Waals surface area contributed by atoms with Crippen molar-refractivity contribution < 1.29 is 9.47 Å². The van der Waals surface area contributed by atoms with Gasteiger partial charge in [-0.25, -0.2) is 0 Å². The van der Waals surface area contributed by atoms with Gasteiger partial charge in [-0.2, -0.15) is 0 Å². The molecule has 1 saturated carbocycles. The van der Waals surface area contributed by atoms with Crippen molar-refractivity contribution in [2.24, 2.45) is 0 Å². The second kappa shape index (κ2) is 10.1. The summed E-state index contributed by atoms with van der Waals surface area (Å²) in [4.78, 5) is 0. The SMILES string of the molecule is CCOCCOc1ccc([C@H]2CC[C@@H](N[C@H](C)c3cccc4ccccc34)C2)cc1. The average molecular weight is 404 g/mol. The third-order valence-electron chi connectivity index (χ3n) is 6.26. The van der Waals surface area contributed by atoms with Gasteiger partial charge in [0, 0.05) is 18.7 Å². The van der Waals surface area contributed by atoms with Gasteiger partial charge in [0.1, 0.15) is 12.4 Å². The van der Waals surface area contributed by atoms with E-state index in [1.807, 2.05) is 6.92 Å². The lowest BCUT2D eigenvalue weighted by atomic mass is 9.96. The van der Waals surface area contributed by atoms with E-state index in [-0.39, 0.29) is 0 Å². The summed E-state index contributed by atoms with van der Waals surface area (Å²) in [5.74, 6) is 1.55. The Hall–Kier alpha value is -2.36. The van der Waals surface area contributed by atoms with Crippen LogP contribution in [0.4, 0.5) is 0 Å². The summed E-state index contributed by atoms with van der Waals surface area (Å²) in [5.41, 5.74) is 2.82. The summed E-state index contributed by atoms with van der Waals surface area (Å²) >= 11 is 0. The lowest BCUT2D eigenvalue weighted by Gasteiger charge is -2.21. The van der Waals surface area contributed by atoms with E-state index in [0.29, 0.717) is 31.2 Å². The fraction of sp³-hybridized carbons (Fsp3) is 0.407. The number of fused-ring (bicyclic) bond motifs is 1. The number of hydrogen-bond acceptors (Lipinski definition) is 3. The van der Waals surface area contributed by atoms with Crippen LogP contribution in [0.15, 0.2) is 66.7 Å². The molecular formula is C27H33NO2. The zero-order chi connectivity index (χ0) is 20.8. The monoisotopic (exact) mass is 403 g/mol. The highest BCUT2D eigenvalue weighted by molar-refractivity contribution is 5.86. The maximum absolute atomic E-state index is 5.75. The average Bonchev–Trinajstić information content (AvgIpc) is 3.25. The minimum absolute atomic E-state index is 0.348. The van der Waals surface area contributed by atoms with Crippen molar-refractivity contribution in [3.8, 4) is 5.75 Å². The molecule has 0 spiro atoms. The molecule has 0 unspecified atom stereocenters. The highest BCUT2D eigenvalue weighted by Gasteiger charge is 2.27. The van der Waals surface area contributed by atoms with Crippen LogP contribution in [0.3, 0.4) is 0 Å². The molecule has 0 heterocycles. The molecule has 3 heteroatoms. The Morgan fingerprint density at radius 1 is 0.933 bits per heavy atom. The fourth-order valence-electron chi connectivity index (χ4n) is 4.71. The minimum Gasteiger partial charge on any atom is -0.491 e. The van der Waals surface area contributed by atoms with E-state index < -0.39 is 0 Å². The Morgan fingerprint density at radius 3 is 2.57 bits per heavy atom. The first kappa shape index (κ1) is 20.9. The Morgan fingerprint density at radius 2 is 1.73 bits per heavy atom. The summed E-state index contributed by atoms with van der Waals surface area (Å²) in [6.45, 7) is 6.28. The van der Waals surface area contributed by atoms with Gasteiger partial charge in [-0.3, -0.25) is 0 Å². The predicted octanol–water partition coefficient (Wildman–Crippen LogP) is 6.24. The second-order valence-electron chi connectivity index (χ2n) is 8.28. The van der Waals surface area contributed by atoms with Crippen LogP contribution in [0, 0.1) is 0 Å². The van der Waals surface area contributed by atoms with Gasteiger partial charge in [0.25, 0.3) is 0 Å². The largest absolute Gasteiger partial charge is 0.491 e. The van der Waals surface area contributed by atoms with E-state index in [9.17, 15) is 0 Å². The molecule has 4 rings (SSSR count). The van der Waals surface area contributed by atoms with Crippen LogP contribution >= 0.6 is 0 Å². The molecule has 0 bridgehead atoms. The Kier molecular flexibility index (Phi) is 7.03. The lowest BCUT2D eigenvalue weighted by molar-refractivity contribution is 0.110. The van der Waals surface area contributed by atoms with Crippen molar-refractivity contribution >= 4 is 10.8 Å². The standard InChI is InChI=1S/C27H33NO2/c1-3-29-17-18-30-25-15-12-21(13-16-25)23-11-14-24(19-23)28-20(2)26-10-6-8-22-7-4-5-9-27(22)26/h4-10,12-13,15-16,20,23-24,28H,3,11,14,17-19H2,1-2H3/t20-,23+,24-/m1/s1. The second-order valence-corrected chi connectivity index (χ2v) is 8.28. The van der Waals surface area contributed by atoms with Crippen LogP contribution in [0.25, 0.3) is 10.8 Å². The van der Waals surface area contributed by atoms with Gasteiger partial charge in [-0.1, -0.05) is 54.6 Å². The van der Waals surface area contributed by atoms with Crippen molar-refractivity contribution in [3.05, 3.63) is 77.9 Å². The van der Waals surface area contributed by atoms with Crippen molar-refractivity contribution in [2.75, 3.05) is 19.8 Å². The molecular weight excluding hydrogens is 370 g/mol. The normalized spacial score (nSPS) is 19.8. The molecule has 0 aliphatic heterocycles. The number of benzene rings is 3. The van der Waals surface area contributed by atoms with Crippen molar-refractivity contribution in [2.45, 2.75) is 51.1 Å². The maximum Gasteiger partial charge on any atom is 0.119 e. The minimum atomic E-state index is 0.348. The van der Waals surface area contributed by atoms with Crippen LogP contribution in [-0.2, 0) is 4.74 Å². The molecule has 0 saturated heterocycles. The third-order valence-corrected chi connectivity index (χ3v) is 6.26. The zero-order valence-electron chi connectivity index (χ0n) is 18.1. The van der Waals surface area contributed by atoms with Gasteiger partial charge in [0.15, 0.2) is 0 Å². The summed E-state index contributed by atoms with van der Waals surface area (Å²) in [7, 11) is 0. The highest BCUT2D eigenvalue weighted by atomic mass is 16.5. The Labute approximate surface area is 180 Å². The first-order chi connectivity index (χ1) is 14.7. The molecule has 30 heavy (non-hydrogen) atoms. The van der Waals surface area contributed by atoms with Crippen molar-refractivity contribution in [3.63, 3.8) is 0 Å². The molecule has 3 aromatic carbocycles. The first-order valence-corrected chi connectivity index (χ1v) is 11.3. The predicted molar refractivity (Wildman–Crippen MR) is 124 cm³/mol. The molecule has 0 aromatic heterocycles. The topological polar surface area (TPSA) is 30.5 Å². The van der Waals surface area contributed by atoms with E-state index in [4.69, 9.17) is 9.47 Å². The van der Waals surface area contributed by atoms with Gasteiger partial charge in [0.05, 0.1) is 6.61 Å². The number of nitrogens with one attached hydrogen (secondary N) is 1. The summed E-state index contributed by atoms with van der Waals surface area (Å²) in [6, 6.07) is 24.9. The third kappa shape index (κ3) is 5.03. The van der Waals surface area contributed by atoms with E-state index >= 15 is 0 Å². The van der Waals surface area contributed by atoms with Crippen molar-refractivity contribution in [1.29, 1.82) is 0 Å². The molecule has 1 aliphatic rings. The van der Waals surface area contributed by atoms with E-state index in [0.717, 1.165) is 12.4 Å². The first-order valence-electron chi connectivity index (χ1n) is 11.3. The van der Waals surface area contributed by atoms with Gasteiger partial charge in [-0.15, -0.1) is 0 Å². The zero-order valence-corrected chi connectivity index (χ0v) is 18.1. The smallest absolute Gasteiger partial charge is 0.119 e. The molecule has 3 aromatic rings. The van der Waals surface area contributed by atoms with Gasteiger partial charge in [-0.05, 0) is 73.1 Å². The van der Waals surface area contributed by atoms with Crippen LogP contribution in [0.5, 0.6) is 5.75 Å². The van der Waals surface area contributed by atoms with E-state index in [1.165, 1.54) is 41.2 Å². The van der Waals surface area contributed by atoms with Gasteiger partial charge in [0.2, 0.25) is 0 Å². The Bertz CT molecular complexity index is 932. The maximum atomic E-state index is 5.75. The van der Waals surface area contributed by atoms with Crippen LogP contribution < -0.4 is 10.1 Å². The lowest BCUT2D eigenvalue weighted by Crippen LogP contribution is -2.29. The number of rotatable bonds is 9. The molecule has 0 radical (unpaired) electrons. The van der Waals surface area contributed by atoms with Crippen LogP contribution in [0.2, 0.25) is 0 Å². The summed E-state index contributed by atoms with van der Waals surface area (Å²) in [6.07, 6.45) is 3.66. The summed E-state index contributed by atoms with van der Waals surface area (Å²) in [5, 5.41) is 6.57. The highest BCUT2D eigenvalue weighted by Crippen LogP contribution is 2.36. The van der Waals surface area contributed by atoms with E-state index in [2.05, 4.69) is 79.0 Å². The number of hydrogen-bond donors (Lipinski definition) is 1. The molecule has 1 N–H and O–H groups in total. The molecule has 3 atom stereocenters. The summed E-state index contributed by atoms with van der Waals surface area (Å²) < 4.78 is 11.1. The molecule has 3 nitrogen and oxygen atoms in total. The number of ether oxygens (including phenoxy) is 2. The van der Waals surface area contributed by atoms with Crippen LogP contribution in [-0.4, -0.2) is 25.9 Å². The van der Waals surface area contributed by atoms with Gasteiger partial charge < -0.3 is 14.8 Å². The van der Waals surface area contributed by atoms with Crippen molar-refractivity contribution in [1.82, 2.24) is 5.32 Å². The van der Waals surface area contributed by atoms with Gasteiger partial charge >= 0.3 is 0 Å². The molecule has 158 valence electrons. The fourth-order valence-corrected chi connectivity index (χ4v) is 4.71. The molecule has 1 fully saturated rings. The van der Waals surface area contributed by atoms with Crippen LogP contribution in [0.1, 0.15) is 56.2 Å². The van der Waals surface area contributed by atoms with E-state index in [1.54, 1.807) is 0 Å².